The normalized spacial score (nSPS) is 14.8. The van der Waals surface area contributed by atoms with Crippen molar-refractivity contribution >= 4 is 34.2 Å². The molecule has 0 bridgehead atoms. The molecular weight excluding hydrogens is 476 g/mol. The second-order valence-electron chi connectivity index (χ2n) is 8.11. The number of carbonyl (C=O) groups is 1. The van der Waals surface area contributed by atoms with E-state index in [4.69, 9.17) is 35.3 Å². The summed E-state index contributed by atoms with van der Waals surface area (Å²) < 4.78 is 28.7. The Morgan fingerprint density at radius 1 is 1.14 bits per heavy atom. The van der Waals surface area contributed by atoms with Gasteiger partial charge in [0.2, 0.25) is 11.6 Å². The van der Waals surface area contributed by atoms with Crippen molar-refractivity contribution in [1.82, 2.24) is 15.3 Å². The molecule has 0 atom stereocenters. The number of carbonyl (C=O) groups excluding carboxylic acids is 1. The summed E-state index contributed by atoms with van der Waals surface area (Å²) in [6, 6.07) is 6.70. The molecule has 184 valence electrons. The molecule has 1 aliphatic heterocycles. The van der Waals surface area contributed by atoms with Gasteiger partial charge in [0.25, 0.3) is 0 Å². The van der Waals surface area contributed by atoms with Crippen LogP contribution in [0.5, 0.6) is 28.9 Å². The fourth-order valence-corrected chi connectivity index (χ4v) is 3.99. The van der Waals surface area contributed by atoms with Crippen molar-refractivity contribution in [3.05, 3.63) is 35.6 Å². The summed E-state index contributed by atoms with van der Waals surface area (Å²) in [5.41, 5.74) is 1.05. The zero-order valence-corrected chi connectivity index (χ0v) is 19.9. The number of fused-ring (bicyclic) bond motifs is 3. The quantitative estimate of drug-likeness (QED) is 0.433. The summed E-state index contributed by atoms with van der Waals surface area (Å²) in [4.78, 5) is 20.8. The first kappa shape index (κ1) is 23.3. The minimum Gasteiger partial charge on any atom is -0.487 e. The number of hydrogen-bond donors (Lipinski definition) is 2. The van der Waals surface area contributed by atoms with E-state index in [2.05, 4.69) is 20.6 Å². The second-order valence-corrected chi connectivity index (χ2v) is 8.52. The molecule has 0 saturated heterocycles. The predicted octanol–water partition coefficient (Wildman–Crippen LogP) is 4.55. The van der Waals surface area contributed by atoms with Crippen molar-refractivity contribution in [2.75, 3.05) is 38.9 Å². The van der Waals surface area contributed by atoms with Crippen LogP contribution in [0.3, 0.4) is 0 Å². The van der Waals surface area contributed by atoms with Crippen LogP contribution in [-0.2, 0) is 4.74 Å². The molecule has 0 spiro atoms. The van der Waals surface area contributed by atoms with Gasteiger partial charge in [-0.1, -0.05) is 11.6 Å². The highest BCUT2D eigenvalue weighted by Gasteiger charge is 2.25. The van der Waals surface area contributed by atoms with Crippen LogP contribution >= 0.6 is 11.6 Å². The van der Waals surface area contributed by atoms with Gasteiger partial charge in [0.15, 0.2) is 11.5 Å². The molecule has 2 amide bonds. The van der Waals surface area contributed by atoms with Crippen LogP contribution in [0.2, 0.25) is 5.02 Å². The van der Waals surface area contributed by atoms with Gasteiger partial charge in [0, 0.05) is 25.3 Å². The summed E-state index contributed by atoms with van der Waals surface area (Å²) in [6.45, 7) is 1.54. The Balaban J connectivity index is 1.40. The number of urea groups is 1. The van der Waals surface area contributed by atoms with Crippen LogP contribution in [0.1, 0.15) is 19.3 Å². The highest BCUT2D eigenvalue weighted by molar-refractivity contribution is 6.33. The highest BCUT2D eigenvalue weighted by Crippen LogP contribution is 2.48. The number of anilines is 1. The molecule has 1 aliphatic carbocycles. The Bertz CT molecular complexity index is 1240. The van der Waals surface area contributed by atoms with Crippen LogP contribution < -0.4 is 29.6 Å². The standard InChI is InChI=1S/C24H25ClN4O6/c1-31-7-8-32-19-12-18-20(22-21(19)33-9-10-34-22)23(27-13-26-18)35-15-5-6-17(16(25)11-15)29-24(30)28-14-3-2-4-14/h5-6,11-14H,2-4,7-10H2,1H3,(H2,28,29,30). The Morgan fingerprint density at radius 2 is 1.97 bits per heavy atom. The molecule has 1 fully saturated rings. The van der Waals surface area contributed by atoms with Gasteiger partial charge in [-0.3, -0.25) is 0 Å². The van der Waals surface area contributed by atoms with E-state index in [1.54, 1.807) is 31.4 Å². The van der Waals surface area contributed by atoms with E-state index in [0.29, 0.717) is 71.0 Å². The number of benzene rings is 2. The number of ether oxygens (including phenoxy) is 5. The van der Waals surface area contributed by atoms with E-state index in [0.717, 1.165) is 19.3 Å². The minimum absolute atomic E-state index is 0.227. The molecule has 35 heavy (non-hydrogen) atoms. The molecule has 11 heteroatoms. The summed E-state index contributed by atoms with van der Waals surface area (Å²) >= 11 is 6.41. The molecule has 1 saturated carbocycles. The van der Waals surface area contributed by atoms with Gasteiger partial charge in [0.1, 0.15) is 37.3 Å². The van der Waals surface area contributed by atoms with Crippen LogP contribution in [0.15, 0.2) is 30.6 Å². The van der Waals surface area contributed by atoms with Crippen LogP contribution in [0.4, 0.5) is 10.5 Å². The fraction of sp³-hybridized carbons (Fsp3) is 0.375. The lowest BCUT2D eigenvalue weighted by atomic mass is 9.93. The number of methoxy groups -OCH3 is 1. The third-order valence-corrected chi connectivity index (χ3v) is 6.04. The Labute approximate surface area is 206 Å². The maximum Gasteiger partial charge on any atom is 0.319 e. The van der Waals surface area contributed by atoms with Gasteiger partial charge < -0.3 is 34.3 Å². The van der Waals surface area contributed by atoms with E-state index in [1.807, 2.05) is 0 Å². The maximum absolute atomic E-state index is 12.2. The molecule has 2 N–H and O–H groups in total. The second kappa shape index (κ2) is 10.4. The molecule has 3 aromatic rings. The van der Waals surface area contributed by atoms with Crippen molar-refractivity contribution in [1.29, 1.82) is 0 Å². The monoisotopic (exact) mass is 500 g/mol. The molecule has 0 unspecified atom stereocenters. The summed E-state index contributed by atoms with van der Waals surface area (Å²) in [5.74, 6) is 2.14. The third kappa shape index (κ3) is 5.13. The van der Waals surface area contributed by atoms with Gasteiger partial charge in [-0.15, -0.1) is 0 Å². The van der Waals surface area contributed by atoms with Crippen LogP contribution in [0.25, 0.3) is 10.9 Å². The Morgan fingerprint density at radius 3 is 2.71 bits per heavy atom. The molecule has 0 radical (unpaired) electrons. The van der Waals surface area contributed by atoms with Crippen molar-refractivity contribution < 1.29 is 28.5 Å². The van der Waals surface area contributed by atoms with Crippen molar-refractivity contribution in [2.45, 2.75) is 25.3 Å². The van der Waals surface area contributed by atoms with Crippen molar-refractivity contribution in [2.24, 2.45) is 0 Å². The third-order valence-electron chi connectivity index (χ3n) is 5.73. The van der Waals surface area contributed by atoms with E-state index < -0.39 is 0 Å². The van der Waals surface area contributed by atoms with Gasteiger partial charge >= 0.3 is 6.03 Å². The van der Waals surface area contributed by atoms with Gasteiger partial charge in [-0.2, -0.15) is 0 Å². The zero-order chi connectivity index (χ0) is 24.2. The lowest BCUT2D eigenvalue weighted by molar-refractivity contribution is 0.134. The number of halogens is 1. The molecule has 2 aromatic carbocycles. The maximum atomic E-state index is 12.2. The van der Waals surface area contributed by atoms with Crippen LogP contribution in [0, 0.1) is 0 Å². The van der Waals surface area contributed by atoms with Crippen molar-refractivity contribution in [3.63, 3.8) is 0 Å². The smallest absolute Gasteiger partial charge is 0.319 e. The van der Waals surface area contributed by atoms with Gasteiger partial charge in [0.05, 0.1) is 22.8 Å². The summed E-state index contributed by atoms with van der Waals surface area (Å²) in [5, 5.41) is 6.58. The van der Waals surface area contributed by atoms with E-state index >= 15 is 0 Å². The Kier molecular flexibility index (Phi) is 6.91. The number of rotatable bonds is 8. The molecule has 5 rings (SSSR count). The number of nitrogens with zero attached hydrogens (tertiary/aromatic N) is 2. The zero-order valence-electron chi connectivity index (χ0n) is 19.1. The minimum atomic E-state index is -0.278. The first-order chi connectivity index (χ1) is 17.1. The average Bonchev–Trinajstić information content (AvgIpc) is 2.83. The summed E-state index contributed by atoms with van der Waals surface area (Å²) in [6.07, 6.45) is 4.53. The van der Waals surface area contributed by atoms with Crippen molar-refractivity contribution in [3.8, 4) is 28.9 Å². The number of amides is 2. The lowest BCUT2D eigenvalue weighted by Gasteiger charge is -2.26. The molecule has 1 aromatic heterocycles. The fourth-order valence-electron chi connectivity index (χ4n) is 3.77. The molecular formula is C24H25ClN4O6. The van der Waals surface area contributed by atoms with E-state index in [-0.39, 0.29) is 18.0 Å². The predicted molar refractivity (Wildman–Crippen MR) is 129 cm³/mol. The molecule has 2 heterocycles. The van der Waals surface area contributed by atoms with E-state index in [1.165, 1.54) is 6.33 Å². The first-order valence-corrected chi connectivity index (χ1v) is 11.7. The molecule has 10 nitrogen and oxygen atoms in total. The summed E-state index contributed by atoms with van der Waals surface area (Å²) in [7, 11) is 1.61. The largest absolute Gasteiger partial charge is 0.487 e. The first-order valence-electron chi connectivity index (χ1n) is 11.4. The highest BCUT2D eigenvalue weighted by atomic mass is 35.5. The Hall–Kier alpha value is -3.50. The number of aromatic nitrogens is 2. The van der Waals surface area contributed by atoms with Crippen LogP contribution in [-0.4, -0.2) is 55.6 Å². The van der Waals surface area contributed by atoms with Gasteiger partial charge in [-0.05, 0) is 31.4 Å². The van der Waals surface area contributed by atoms with Gasteiger partial charge in [-0.25, -0.2) is 14.8 Å². The number of nitrogens with one attached hydrogen (secondary N) is 2. The lowest BCUT2D eigenvalue weighted by Crippen LogP contribution is -2.41. The number of hydrogen-bond acceptors (Lipinski definition) is 8. The van der Waals surface area contributed by atoms with E-state index in [9.17, 15) is 4.79 Å². The average molecular weight is 501 g/mol. The molecule has 2 aliphatic rings. The SMILES string of the molecule is COCCOc1cc2ncnc(Oc3ccc(NC(=O)NC4CCC4)c(Cl)c3)c2c2c1OCCO2. The topological polar surface area (TPSA) is 113 Å².